The Morgan fingerprint density at radius 3 is 2.64 bits per heavy atom. The van der Waals surface area contributed by atoms with Crippen LogP contribution in [0.15, 0.2) is 30.3 Å². The fraction of sp³-hybridized carbons (Fsp3) is 0.250. The Bertz CT molecular complexity index is 248. The van der Waals surface area contributed by atoms with Crippen LogP contribution in [0.5, 0.6) is 0 Å². The van der Waals surface area contributed by atoms with E-state index in [4.69, 9.17) is 3.63 Å². The Kier molecular flexibility index (Phi) is 6.29. The maximum absolute atomic E-state index is 5.05. The molecule has 0 bridgehead atoms. The molecule has 0 saturated heterocycles. The van der Waals surface area contributed by atoms with Crippen molar-refractivity contribution in [1.29, 1.82) is 0 Å². The number of hydrogen-bond donors (Lipinski definition) is 1. The number of nitrogens with zero attached hydrogens (tertiary/aromatic N) is 1. The lowest BCUT2D eigenvalue weighted by molar-refractivity contribution is 0.644. The predicted octanol–water partition coefficient (Wildman–Crippen LogP) is 3.52. The molecule has 14 heavy (non-hydrogen) atoms. The minimum Gasteiger partial charge on any atom is -0.293 e. The van der Waals surface area contributed by atoms with E-state index in [1.54, 1.807) is 0 Å². The zero-order valence-corrected chi connectivity index (χ0v) is 10.1. The van der Waals surface area contributed by atoms with E-state index in [0.717, 1.165) is 24.6 Å². The van der Waals surface area contributed by atoms with Crippen molar-refractivity contribution in [3.05, 3.63) is 30.3 Å². The normalized spacial score (nSPS) is 10.1. The summed E-state index contributed by atoms with van der Waals surface area (Å²) in [5.74, 6) is 0. The average Bonchev–Trinajstić information content (AvgIpc) is 2.26. The smallest absolute Gasteiger partial charge is 0.185 e. The Morgan fingerprint density at radius 1 is 1.36 bits per heavy atom. The highest BCUT2D eigenvalue weighted by atomic mass is 32.3. The molecular formula is C8H11NO2S3. The van der Waals surface area contributed by atoms with E-state index in [0.29, 0.717) is 0 Å². The minimum atomic E-state index is 0.832. The minimum absolute atomic E-state index is 0.832. The van der Waals surface area contributed by atoms with Crippen LogP contribution in [0.4, 0.5) is 5.69 Å². The molecule has 0 atom stereocenters. The molecular weight excluding hydrogens is 238 g/mol. The Balaban J connectivity index is 2.46. The summed E-state index contributed by atoms with van der Waals surface area (Å²) in [6.07, 6.45) is 0. The molecule has 1 aromatic carbocycles. The summed E-state index contributed by atoms with van der Waals surface area (Å²) in [5, 5.41) is 0. The fourth-order valence-corrected chi connectivity index (χ4v) is 1.96. The first-order chi connectivity index (χ1) is 6.88. The highest BCUT2D eigenvalue weighted by Gasteiger charge is 2.05. The Labute approximate surface area is 98.5 Å². The topological polar surface area (TPSA) is 21.7 Å². The molecule has 0 aromatic heterocycles. The van der Waals surface area contributed by atoms with Gasteiger partial charge in [0.05, 0.1) is 0 Å². The molecule has 1 aromatic rings. The zero-order valence-electron chi connectivity index (χ0n) is 7.62. The number of benzene rings is 1. The molecule has 0 unspecified atom stereocenters. The van der Waals surface area contributed by atoms with Crippen LogP contribution < -0.4 is 4.31 Å². The molecule has 0 fully saturated rings. The van der Waals surface area contributed by atoms with Crippen molar-refractivity contribution in [2.24, 2.45) is 0 Å². The van der Waals surface area contributed by atoms with Gasteiger partial charge in [0, 0.05) is 12.2 Å². The predicted molar refractivity (Wildman–Crippen MR) is 65.8 cm³/mol. The second kappa shape index (κ2) is 7.30. The molecule has 0 N–H and O–H groups in total. The van der Waals surface area contributed by atoms with Gasteiger partial charge in [-0.15, -0.1) is 0 Å². The quantitative estimate of drug-likeness (QED) is 0.359. The van der Waals surface area contributed by atoms with Gasteiger partial charge in [-0.1, -0.05) is 18.2 Å². The van der Waals surface area contributed by atoms with Gasteiger partial charge < -0.3 is 0 Å². The van der Waals surface area contributed by atoms with Crippen molar-refractivity contribution in [2.75, 3.05) is 10.8 Å². The van der Waals surface area contributed by atoms with Crippen molar-refractivity contribution in [3.63, 3.8) is 0 Å². The van der Waals surface area contributed by atoms with Gasteiger partial charge in [0.25, 0.3) is 0 Å². The lowest BCUT2D eigenvalue weighted by atomic mass is 10.3. The van der Waals surface area contributed by atoms with E-state index < -0.39 is 0 Å². The molecule has 0 saturated carbocycles. The summed E-state index contributed by atoms with van der Waals surface area (Å²) in [6, 6.07) is 9.99. The van der Waals surface area contributed by atoms with E-state index in [9.17, 15) is 0 Å². The van der Waals surface area contributed by atoms with Gasteiger partial charge >= 0.3 is 0 Å². The lowest BCUT2D eigenvalue weighted by Crippen LogP contribution is -2.12. The largest absolute Gasteiger partial charge is 0.293 e. The van der Waals surface area contributed by atoms with Crippen molar-refractivity contribution in [2.45, 2.75) is 6.92 Å². The summed E-state index contributed by atoms with van der Waals surface area (Å²) in [7, 11) is 0. The summed E-state index contributed by atoms with van der Waals surface area (Å²) in [5.41, 5.74) is 1.10. The van der Waals surface area contributed by atoms with E-state index in [1.165, 1.54) is 12.2 Å². The van der Waals surface area contributed by atoms with Crippen molar-refractivity contribution >= 4 is 43.1 Å². The van der Waals surface area contributed by atoms with Crippen LogP contribution in [0.3, 0.4) is 0 Å². The highest BCUT2D eigenvalue weighted by molar-refractivity contribution is 8.08. The number of hydrogen-bond acceptors (Lipinski definition) is 6. The van der Waals surface area contributed by atoms with Gasteiger partial charge in [-0.2, -0.15) is 3.63 Å². The molecule has 0 aliphatic heterocycles. The average molecular weight is 249 g/mol. The summed E-state index contributed by atoms with van der Waals surface area (Å²) in [6.45, 7) is 2.90. The lowest BCUT2D eigenvalue weighted by Gasteiger charge is -2.18. The van der Waals surface area contributed by atoms with Crippen LogP contribution in [-0.2, 0) is 7.26 Å². The molecule has 0 aliphatic rings. The third-order valence-corrected chi connectivity index (χ3v) is 2.87. The molecule has 0 aliphatic carbocycles. The first kappa shape index (κ1) is 12.1. The standard InChI is InChI=1S/C8H11NO2S3/c1-2-9(13-11-14-10-12)8-6-4-3-5-7-8/h3-7,12H,2H2,1H3. The first-order valence-electron chi connectivity index (χ1n) is 4.02. The summed E-state index contributed by atoms with van der Waals surface area (Å²) < 4.78 is 11.5. The molecule has 0 spiro atoms. The maximum atomic E-state index is 5.05. The van der Waals surface area contributed by atoms with Crippen LogP contribution in [0.1, 0.15) is 6.92 Å². The van der Waals surface area contributed by atoms with Crippen molar-refractivity contribution in [1.82, 2.24) is 0 Å². The Morgan fingerprint density at radius 2 is 2.07 bits per heavy atom. The first-order valence-corrected chi connectivity index (χ1v) is 5.75. The molecule has 3 nitrogen and oxygen atoms in total. The molecule has 78 valence electrons. The molecule has 0 radical (unpaired) electrons. The van der Waals surface area contributed by atoms with Gasteiger partial charge in [-0.3, -0.25) is 4.31 Å². The van der Waals surface area contributed by atoms with E-state index in [1.807, 2.05) is 34.6 Å². The second-order valence-corrected chi connectivity index (χ2v) is 4.18. The molecule has 6 heteroatoms. The van der Waals surface area contributed by atoms with Crippen LogP contribution in [0, 0.1) is 0 Å². The monoisotopic (exact) mass is 249 g/mol. The van der Waals surface area contributed by atoms with Gasteiger partial charge in [0.15, 0.2) is 12.3 Å². The van der Waals surface area contributed by atoms with E-state index in [-0.39, 0.29) is 0 Å². The molecule has 1 rings (SSSR count). The number of rotatable bonds is 6. The number of para-hydroxylation sites is 1. The van der Waals surface area contributed by atoms with Crippen molar-refractivity contribution < 1.29 is 7.26 Å². The number of thiol groups is 1. The summed E-state index contributed by atoms with van der Waals surface area (Å²) >= 11 is 5.60. The summed E-state index contributed by atoms with van der Waals surface area (Å²) in [4.78, 5) is 0. The van der Waals surface area contributed by atoms with Crippen LogP contribution >= 0.6 is 37.5 Å². The van der Waals surface area contributed by atoms with Crippen LogP contribution in [-0.4, -0.2) is 6.54 Å². The van der Waals surface area contributed by atoms with Crippen LogP contribution in [0.25, 0.3) is 0 Å². The highest BCUT2D eigenvalue weighted by Crippen LogP contribution is 2.26. The zero-order chi connectivity index (χ0) is 10.2. The fourth-order valence-electron chi connectivity index (χ4n) is 0.934. The number of anilines is 1. The third kappa shape index (κ3) is 4.02. The van der Waals surface area contributed by atoms with Gasteiger partial charge in [0.2, 0.25) is 0 Å². The van der Waals surface area contributed by atoms with Crippen LogP contribution in [0.2, 0.25) is 0 Å². The SMILES string of the molecule is CCN(SOSOS)c1ccccc1. The van der Waals surface area contributed by atoms with Gasteiger partial charge in [-0.25, -0.2) is 3.63 Å². The van der Waals surface area contributed by atoms with Crippen molar-refractivity contribution in [3.8, 4) is 0 Å². The third-order valence-electron chi connectivity index (χ3n) is 1.51. The molecule has 0 amide bonds. The van der Waals surface area contributed by atoms with Gasteiger partial charge in [0.1, 0.15) is 12.2 Å². The van der Waals surface area contributed by atoms with E-state index in [2.05, 4.69) is 23.5 Å². The maximum Gasteiger partial charge on any atom is 0.185 e. The molecule has 0 heterocycles. The second-order valence-electron chi connectivity index (χ2n) is 2.32. The van der Waals surface area contributed by atoms with E-state index >= 15 is 0 Å². The Hall–Kier alpha value is -0.0100. The van der Waals surface area contributed by atoms with Gasteiger partial charge in [-0.05, 0) is 32.0 Å².